The van der Waals surface area contributed by atoms with E-state index in [4.69, 9.17) is 4.74 Å². The first-order valence-electron chi connectivity index (χ1n) is 8.93. The van der Waals surface area contributed by atoms with Crippen molar-refractivity contribution < 1.29 is 14.6 Å². The van der Waals surface area contributed by atoms with Crippen LogP contribution in [-0.2, 0) is 14.9 Å². The molecule has 2 fully saturated rings. The SMILES string of the molecule is C/C=C1/CN2CC[C@]34C(=C(C(=O)OC)[C@H]1C[C@H]23)Nc1c(O)cccc14. The molecule has 0 amide bonds. The molecule has 130 valence electrons. The minimum absolute atomic E-state index is 0.101. The first-order valence-corrected chi connectivity index (χ1v) is 8.93. The van der Waals surface area contributed by atoms with E-state index < -0.39 is 0 Å². The van der Waals surface area contributed by atoms with Crippen LogP contribution in [0.1, 0.15) is 25.3 Å². The highest BCUT2D eigenvalue weighted by atomic mass is 16.5. The van der Waals surface area contributed by atoms with Crippen LogP contribution < -0.4 is 5.32 Å². The van der Waals surface area contributed by atoms with Gasteiger partial charge in [0.05, 0.1) is 23.8 Å². The number of hydrogen-bond donors (Lipinski definition) is 2. The van der Waals surface area contributed by atoms with Crippen LogP contribution >= 0.6 is 0 Å². The van der Waals surface area contributed by atoms with Crippen molar-refractivity contribution in [1.82, 2.24) is 4.90 Å². The average molecular weight is 338 g/mol. The Morgan fingerprint density at radius 2 is 2.32 bits per heavy atom. The molecule has 1 aliphatic carbocycles. The number of carbonyl (C=O) groups is 1. The van der Waals surface area contributed by atoms with Crippen LogP contribution in [0.4, 0.5) is 5.69 Å². The normalized spacial score (nSPS) is 33.9. The van der Waals surface area contributed by atoms with Gasteiger partial charge in [-0.1, -0.05) is 23.8 Å². The summed E-state index contributed by atoms with van der Waals surface area (Å²) in [5, 5.41) is 13.8. The fraction of sp³-hybridized carbons (Fsp3) is 0.450. The number of ether oxygens (including phenoxy) is 1. The van der Waals surface area contributed by atoms with Crippen LogP contribution in [0, 0.1) is 5.92 Å². The number of para-hydroxylation sites is 1. The number of fused-ring (bicyclic) bond motifs is 2. The predicted octanol–water partition coefficient (Wildman–Crippen LogP) is 2.54. The Labute approximate surface area is 147 Å². The van der Waals surface area contributed by atoms with Gasteiger partial charge < -0.3 is 15.2 Å². The molecule has 0 saturated carbocycles. The topological polar surface area (TPSA) is 61.8 Å². The lowest BCUT2D eigenvalue weighted by molar-refractivity contribution is -0.137. The van der Waals surface area contributed by atoms with E-state index in [-0.39, 0.29) is 23.1 Å². The second-order valence-electron chi connectivity index (χ2n) is 7.46. The monoisotopic (exact) mass is 338 g/mol. The molecule has 2 bridgehead atoms. The lowest BCUT2D eigenvalue weighted by Crippen LogP contribution is -2.53. The van der Waals surface area contributed by atoms with E-state index in [1.54, 1.807) is 6.07 Å². The van der Waals surface area contributed by atoms with Crippen molar-refractivity contribution in [1.29, 1.82) is 0 Å². The summed E-state index contributed by atoms with van der Waals surface area (Å²) in [5.74, 6) is 0.0958. The molecule has 3 atom stereocenters. The molecule has 5 heteroatoms. The van der Waals surface area contributed by atoms with Crippen LogP contribution in [0.25, 0.3) is 0 Å². The van der Waals surface area contributed by atoms with Crippen molar-refractivity contribution in [3.05, 3.63) is 46.7 Å². The zero-order valence-electron chi connectivity index (χ0n) is 14.5. The number of methoxy groups -OCH3 is 1. The Bertz CT molecular complexity index is 856. The summed E-state index contributed by atoms with van der Waals surface area (Å²) < 4.78 is 5.17. The van der Waals surface area contributed by atoms with Gasteiger partial charge in [-0.15, -0.1) is 0 Å². The molecule has 5 nitrogen and oxygen atoms in total. The Hall–Kier alpha value is -2.27. The van der Waals surface area contributed by atoms with E-state index in [1.165, 1.54) is 12.7 Å². The van der Waals surface area contributed by atoms with Crippen LogP contribution in [0.2, 0.25) is 0 Å². The van der Waals surface area contributed by atoms with E-state index in [0.717, 1.165) is 48.5 Å². The van der Waals surface area contributed by atoms with E-state index in [9.17, 15) is 9.90 Å². The van der Waals surface area contributed by atoms with Crippen LogP contribution in [0.15, 0.2) is 41.1 Å². The van der Waals surface area contributed by atoms with E-state index in [2.05, 4.69) is 29.3 Å². The number of esters is 1. The van der Waals surface area contributed by atoms with Gasteiger partial charge in [-0.2, -0.15) is 0 Å². The van der Waals surface area contributed by atoms with Gasteiger partial charge in [-0.25, -0.2) is 4.79 Å². The number of nitrogens with zero attached hydrogens (tertiary/aromatic N) is 1. The molecule has 3 heterocycles. The maximum Gasteiger partial charge on any atom is 0.336 e. The van der Waals surface area contributed by atoms with Gasteiger partial charge in [0, 0.05) is 30.7 Å². The number of phenols is 1. The smallest absolute Gasteiger partial charge is 0.336 e. The number of carbonyl (C=O) groups excluding carboxylic acids is 1. The summed E-state index contributed by atoms with van der Waals surface area (Å²) in [6.45, 7) is 3.97. The summed E-state index contributed by atoms with van der Waals surface area (Å²) >= 11 is 0. The third-order valence-corrected chi connectivity index (χ3v) is 6.71. The minimum Gasteiger partial charge on any atom is -0.506 e. The fourth-order valence-electron chi connectivity index (χ4n) is 5.67. The van der Waals surface area contributed by atoms with Crippen LogP contribution in [0.5, 0.6) is 5.75 Å². The van der Waals surface area contributed by atoms with E-state index in [1.807, 2.05) is 6.07 Å². The van der Waals surface area contributed by atoms with Crippen molar-refractivity contribution in [2.45, 2.75) is 31.2 Å². The molecule has 25 heavy (non-hydrogen) atoms. The molecular weight excluding hydrogens is 316 g/mol. The number of nitrogens with one attached hydrogen (secondary N) is 1. The fourth-order valence-corrected chi connectivity index (χ4v) is 5.67. The zero-order valence-corrected chi connectivity index (χ0v) is 14.5. The van der Waals surface area contributed by atoms with Crippen molar-refractivity contribution in [2.24, 2.45) is 5.92 Å². The van der Waals surface area contributed by atoms with Crippen molar-refractivity contribution in [3.63, 3.8) is 0 Å². The molecule has 2 N–H and O–H groups in total. The molecule has 2 saturated heterocycles. The van der Waals surface area contributed by atoms with Crippen molar-refractivity contribution >= 4 is 11.7 Å². The molecule has 3 aliphatic heterocycles. The molecular formula is C20H22N2O3. The highest BCUT2D eigenvalue weighted by molar-refractivity contribution is 5.94. The van der Waals surface area contributed by atoms with Crippen LogP contribution in [0.3, 0.4) is 0 Å². The van der Waals surface area contributed by atoms with Gasteiger partial charge >= 0.3 is 5.97 Å². The molecule has 4 aliphatic rings. The van der Waals surface area contributed by atoms with Gasteiger partial charge in [0.15, 0.2) is 0 Å². The Kier molecular flexibility index (Phi) is 2.93. The molecule has 1 aromatic rings. The van der Waals surface area contributed by atoms with Gasteiger partial charge in [0.2, 0.25) is 0 Å². The molecule has 0 aromatic heterocycles. The lowest BCUT2D eigenvalue weighted by Gasteiger charge is -2.48. The first-order chi connectivity index (χ1) is 12.1. The maximum atomic E-state index is 12.8. The number of piperidine rings is 1. The average Bonchev–Trinajstić information content (AvgIpc) is 3.18. The molecule has 0 unspecified atom stereocenters. The van der Waals surface area contributed by atoms with Crippen molar-refractivity contribution in [3.8, 4) is 5.75 Å². The van der Waals surface area contributed by atoms with E-state index in [0.29, 0.717) is 6.04 Å². The van der Waals surface area contributed by atoms with Crippen LogP contribution in [-0.4, -0.2) is 42.2 Å². The Morgan fingerprint density at radius 3 is 3.08 bits per heavy atom. The third kappa shape index (κ3) is 1.64. The highest BCUT2D eigenvalue weighted by Crippen LogP contribution is 2.62. The zero-order chi connectivity index (χ0) is 17.3. The second-order valence-corrected chi connectivity index (χ2v) is 7.46. The molecule has 5 rings (SSSR count). The highest BCUT2D eigenvalue weighted by Gasteiger charge is 2.62. The maximum absolute atomic E-state index is 12.8. The number of allylic oxidation sites excluding steroid dienone is 1. The number of hydrogen-bond acceptors (Lipinski definition) is 5. The largest absolute Gasteiger partial charge is 0.506 e. The predicted molar refractivity (Wildman–Crippen MR) is 94.3 cm³/mol. The van der Waals surface area contributed by atoms with Gasteiger partial charge in [-0.05, 0) is 31.4 Å². The van der Waals surface area contributed by atoms with Gasteiger partial charge in [-0.3, -0.25) is 4.90 Å². The summed E-state index contributed by atoms with van der Waals surface area (Å²) in [5.41, 5.74) is 4.66. The number of rotatable bonds is 1. The molecule has 1 aromatic carbocycles. The van der Waals surface area contributed by atoms with Crippen molar-refractivity contribution in [2.75, 3.05) is 25.5 Å². The number of aromatic hydroxyl groups is 1. The molecule has 0 radical (unpaired) electrons. The summed E-state index contributed by atoms with van der Waals surface area (Å²) in [6.07, 6.45) is 4.04. The Morgan fingerprint density at radius 1 is 1.48 bits per heavy atom. The number of phenolic OH excluding ortho intramolecular Hbond substituents is 1. The van der Waals surface area contributed by atoms with Gasteiger partial charge in [0.1, 0.15) is 5.75 Å². The summed E-state index contributed by atoms with van der Waals surface area (Å²) in [6, 6.07) is 6.06. The standard InChI is InChI=1S/C20H22N2O3/c1-3-11-10-22-8-7-20-13-5-4-6-14(23)17(13)21-18(20)16(19(24)25-2)12(11)9-15(20)22/h3-6,12,15,21,23H,7-10H2,1-2H3/b11-3-/t12-,15-,20+/m0/s1. The Balaban J connectivity index is 1.83. The second kappa shape index (κ2) is 4.88. The quantitative estimate of drug-likeness (QED) is 0.468. The van der Waals surface area contributed by atoms with Gasteiger partial charge in [0.25, 0.3) is 0 Å². The van der Waals surface area contributed by atoms with E-state index >= 15 is 0 Å². The lowest BCUT2D eigenvalue weighted by atomic mass is 9.62. The number of benzene rings is 1. The molecule has 1 spiro atoms. The minimum atomic E-state index is -0.252. The summed E-state index contributed by atoms with van der Waals surface area (Å²) in [7, 11) is 1.45. The third-order valence-electron chi connectivity index (χ3n) is 6.71. The summed E-state index contributed by atoms with van der Waals surface area (Å²) in [4.78, 5) is 15.3. The first kappa shape index (κ1) is 15.0. The number of anilines is 1.